The topological polar surface area (TPSA) is 17.1 Å². The van der Waals surface area contributed by atoms with Gasteiger partial charge in [0.15, 0.2) is 0 Å². The maximum Gasteiger partial charge on any atom is 0.127 e. The minimum Gasteiger partial charge on any atom is -0.303 e. The van der Waals surface area contributed by atoms with Gasteiger partial charge in [-0.2, -0.15) is 0 Å². The Bertz CT molecular complexity index is 253. The van der Waals surface area contributed by atoms with E-state index in [1.807, 2.05) is 31.2 Å². The highest BCUT2D eigenvalue weighted by atomic mass is 16.1. The zero-order chi connectivity index (χ0) is 8.97. The number of hydrogen-bond donors (Lipinski definition) is 0. The van der Waals surface area contributed by atoms with Crippen LogP contribution in [0.3, 0.4) is 0 Å². The van der Waals surface area contributed by atoms with E-state index in [9.17, 15) is 4.79 Å². The van der Waals surface area contributed by atoms with Crippen LogP contribution in [0.5, 0.6) is 0 Å². The molecule has 12 heavy (non-hydrogen) atoms. The van der Waals surface area contributed by atoms with Crippen LogP contribution in [0.1, 0.15) is 24.8 Å². The third-order valence-corrected chi connectivity index (χ3v) is 1.97. The van der Waals surface area contributed by atoms with E-state index in [2.05, 4.69) is 0 Å². The van der Waals surface area contributed by atoms with E-state index < -0.39 is 0 Å². The molecule has 2 heteroatoms. The van der Waals surface area contributed by atoms with E-state index >= 15 is 0 Å². The number of aldehydes is 1. The summed E-state index contributed by atoms with van der Waals surface area (Å²) >= 11 is 0. The lowest BCUT2D eigenvalue weighted by Crippen LogP contribution is -2.04. The number of carbonyl (C=O) groups excluding carboxylic acids is 1. The van der Waals surface area contributed by atoms with E-state index in [1.54, 1.807) is 0 Å². The highest BCUT2D eigenvalue weighted by Gasteiger charge is 2.05. The van der Waals surface area contributed by atoms with Gasteiger partial charge in [-0.15, -0.1) is 0 Å². The largest absolute Gasteiger partial charge is 0.303 e. The van der Waals surface area contributed by atoms with Gasteiger partial charge >= 0.3 is 0 Å². The van der Waals surface area contributed by atoms with Crippen molar-refractivity contribution in [3.8, 4) is 0 Å². The first-order valence-corrected chi connectivity index (χ1v) is 4.08. The second-order valence-electron chi connectivity index (χ2n) is 2.82. The Morgan fingerprint density at radius 3 is 2.42 bits per heavy atom. The Hall–Kier alpha value is -1.05. The minimum atomic E-state index is 0.0191. The third kappa shape index (κ3) is 1.97. The van der Waals surface area contributed by atoms with Crippen LogP contribution in [0.25, 0.3) is 0 Å². The SMILES string of the molecule is [B]c1ccc(C(C=O)CC)cc1. The molecule has 1 aromatic carbocycles. The van der Waals surface area contributed by atoms with Gasteiger partial charge in [-0.1, -0.05) is 36.7 Å². The van der Waals surface area contributed by atoms with E-state index in [1.165, 1.54) is 0 Å². The van der Waals surface area contributed by atoms with Gasteiger partial charge in [0.25, 0.3) is 0 Å². The minimum absolute atomic E-state index is 0.0191. The quantitative estimate of drug-likeness (QED) is 0.476. The van der Waals surface area contributed by atoms with Crippen molar-refractivity contribution in [3.05, 3.63) is 29.8 Å². The Balaban J connectivity index is 2.87. The van der Waals surface area contributed by atoms with Gasteiger partial charge in [0.05, 0.1) is 0 Å². The third-order valence-electron chi connectivity index (χ3n) is 1.97. The number of benzene rings is 1. The molecule has 1 aromatic rings. The van der Waals surface area contributed by atoms with Crippen LogP contribution >= 0.6 is 0 Å². The summed E-state index contributed by atoms with van der Waals surface area (Å²) in [6, 6.07) is 7.44. The maximum atomic E-state index is 10.6. The molecule has 0 aliphatic heterocycles. The molecule has 60 valence electrons. The molecule has 0 aliphatic carbocycles. The van der Waals surface area contributed by atoms with Crippen LogP contribution in [0, 0.1) is 0 Å². The molecule has 0 amide bonds. The van der Waals surface area contributed by atoms with Crippen molar-refractivity contribution < 1.29 is 4.79 Å². The van der Waals surface area contributed by atoms with Crippen LogP contribution < -0.4 is 5.46 Å². The molecule has 1 nitrogen and oxygen atoms in total. The van der Waals surface area contributed by atoms with Crippen molar-refractivity contribution in [2.45, 2.75) is 19.3 Å². The van der Waals surface area contributed by atoms with E-state index in [4.69, 9.17) is 7.85 Å². The van der Waals surface area contributed by atoms with E-state index in [-0.39, 0.29) is 5.92 Å². The molecule has 0 spiro atoms. The van der Waals surface area contributed by atoms with Crippen LogP contribution in [0.15, 0.2) is 24.3 Å². The maximum absolute atomic E-state index is 10.6. The molecule has 0 aromatic heterocycles. The highest BCUT2D eigenvalue weighted by molar-refractivity contribution is 6.32. The number of rotatable bonds is 3. The molecule has 1 rings (SSSR count). The average Bonchev–Trinajstić information content (AvgIpc) is 2.10. The van der Waals surface area contributed by atoms with Crippen LogP contribution in [-0.2, 0) is 4.79 Å². The summed E-state index contributed by atoms with van der Waals surface area (Å²) in [5.41, 5.74) is 1.78. The molecule has 0 N–H and O–H groups in total. The van der Waals surface area contributed by atoms with Crippen LogP contribution in [0.2, 0.25) is 0 Å². The normalized spacial score (nSPS) is 12.4. The smallest absolute Gasteiger partial charge is 0.127 e. The van der Waals surface area contributed by atoms with Gasteiger partial charge in [0.2, 0.25) is 0 Å². The molecule has 1 atom stereocenters. The fraction of sp³-hybridized carbons (Fsp3) is 0.300. The first kappa shape index (κ1) is 9.05. The molecular formula is C10H11BO. The van der Waals surface area contributed by atoms with Crippen molar-refractivity contribution in [1.29, 1.82) is 0 Å². The zero-order valence-corrected chi connectivity index (χ0v) is 7.16. The molecule has 1 unspecified atom stereocenters. The summed E-state index contributed by atoms with van der Waals surface area (Å²) in [6.07, 6.45) is 1.82. The van der Waals surface area contributed by atoms with Gasteiger partial charge in [-0.05, 0) is 12.0 Å². The lowest BCUT2D eigenvalue weighted by molar-refractivity contribution is -0.109. The predicted molar refractivity (Wildman–Crippen MR) is 50.9 cm³/mol. The standard InChI is InChI=1S/C10H11BO/c1-2-8(7-12)9-3-5-10(11)6-4-9/h3-8H,2H2,1H3. The Labute approximate surface area is 74.2 Å². The first-order valence-electron chi connectivity index (χ1n) is 4.08. The Morgan fingerprint density at radius 1 is 1.42 bits per heavy atom. The van der Waals surface area contributed by atoms with E-state index in [0.717, 1.165) is 23.7 Å². The van der Waals surface area contributed by atoms with Gasteiger partial charge in [0, 0.05) is 5.92 Å². The molecule has 0 bridgehead atoms. The average molecular weight is 158 g/mol. The Kier molecular flexibility index (Phi) is 3.09. The molecule has 0 saturated heterocycles. The summed E-state index contributed by atoms with van der Waals surface area (Å²) in [5, 5.41) is 0. The second-order valence-corrected chi connectivity index (χ2v) is 2.82. The fourth-order valence-electron chi connectivity index (χ4n) is 1.15. The first-order chi connectivity index (χ1) is 5.77. The fourth-order valence-corrected chi connectivity index (χ4v) is 1.15. The summed E-state index contributed by atoms with van der Waals surface area (Å²) < 4.78 is 0. The van der Waals surface area contributed by atoms with Crippen molar-refractivity contribution >= 4 is 19.6 Å². The van der Waals surface area contributed by atoms with Crippen LogP contribution in [-0.4, -0.2) is 14.1 Å². The van der Waals surface area contributed by atoms with Gasteiger partial charge in [-0.25, -0.2) is 0 Å². The molecular weight excluding hydrogens is 147 g/mol. The summed E-state index contributed by atoms with van der Waals surface area (Å²) in [4.78, 5) is 10.6. The van der Waals surface area contributed by atoms with Crippen LogP contribution in [0.4, 0.5) is 0 Å². The number of hydrogen-bond acceptors (Lipinski definition) is 1. The second kappa shape index (κ2) is 4.10. The lowest BCUT2D eigenvalue weighted by atomic mass is 9.91. The molecule has 2 radical (unpaired) electrons. The number of carbonyl (C=O) groups is 1. The molecule has 0 fully saturated rings. The molecule has 0 heterocycles. The molecule has 0 aliphatic rings. The van der Waals surface area contributed by atoms with Gasteiger partial charge < -0.3 is 4.79 Å². The predicted octanol–water partition coefficient (Wildman–Crippen LogP) is 1.17. The Morgan fingerprint density at radius 2 is 2.00 bits per heavy atom. The highest BCUT2D eigenvalue weighted by Crippen LogP contribution is 2.14. The summed E-state index contributed by atoms with van der Waals surface area (Å²) in [5.74, 6) is 0.0191. The zero-order valence-electron chi connectivity index (χ0n) is 7.16. The van der Waals surface area contributed by atoms with Crippen molar-refractivity contribution in [1.82, 2.24) is 0 Å². The molecule has 0 saturated carbocycles. The van der Waals surface area contributed by atoms with Crippen molar-refractivity contribution in [2.24, 2.45) is 0 Å². The monoisotopic (exact) mass is 158 g/mol. The van der Waals surface area contributed by atoms with E-state index in [0.29, 0.717) is 0 Å². The summed E-state index contributed by atoms with van der Waals surface area (Å²) in [6.45, 7) is 2.00. The van der Waals surface area contributed by atoms with Crippen molar-refractivity contribution in [2.75, 3.05) is 0 Å². The van der Waals surface area contributed by atoms with Gasteiger partial charge in [-0.3, -0.25) is 0 Å². The van der Waals surface area contributed by atoms with Crippen molar-refractivity contribution in [3.63, 3.8) is 0 Å². The lowest BCUT2D eigenvalue weighted by Gasteiger charge is -2.06. The van der Waals surface area contributed by atoms with Gasteiger partial charge in [0.1, 0.15) is 14.1 Å². The summed E-state index contributed by atoms with van der Waals surface area (Å²) in [7, 11) is 5.52.